The van der Waals surface area contributed by atoms with Gasteiger partial charge in [0.25, 0.3) is 0 Å². The minimum atomic E-state index is 0.115. The highest BCUT2D eigenvalue weighted by Gasteiger charge is 2.32. The summed E-state index contributed by atoms with van der Waals surface area (Å²) in [6.07, 6.45) is 0. The van der Waals surface area contributed by atoms with Gasteiger partial charge in [-0.2, -0.15) is 0 Å². The predicted octanol–water partition coefficient (Wildman–Crippen LogP) is 2.47. The van der Waals surface area contributed by atoms with E-state index in [1.54, 1.807) is 0 Å². The summed E-state index contributed by atoms with van der Waals surface area (Å²) in [6, 6.07) is 9.36. The van der Waals surface area contributed by atoms with Gasteiger partial charge in [-0.1, -0.05) is 34.1 Å². The van der Waals surface area contributed by atoms with Crippen molar-refractivity contribution in [2.45, 2.75) is 32.0 Å². The zero-order chi connectivity index (χ0) is 14.0. The third kappa shape index (κ3) is 3.37. The van der Waals surface area contributed by atoms with Crippen LogP contribution in [-0.2, 0) is 0 Å². The molecule has 1 fully saturated rings. The van der Waals surface area contributed by atoms with E-state index < -0.39 is 0 Å². The molecule has 2 rings (SSSR count). The van der Waals surface area contributed by atoms with Gasteiger partial charge in [-0.3, -0.25) is 4.90 Å². The molecule has 3 nitrogen and oxygen atoms in total. The van der Waals surface area contributed by atoms with Crippen LogP contribution < -0.4 is 5.73 Å². The molecule has 0 aliphatic carbocycles. The lowest BCUT2D eigenvalue weighted by molar-refractivity contribution is 0.0518. The fourth-order valence-electron chi connectivity index (χ4n) is 3.05. The van der Waals surface area contributed by atoms with Crippen molar-refractivity contribution in [1.29, 1.82) is 0 Å². The maximum Gasteiger partial charge on any atom is 0.0511 e. The molecule has 19 heavy (non-hydrogen) atoms. The molecule has 106 valence electrons. The number of rotatable bonds is 3. The third-order valence-electron chi connectivity index (χ3n) is 3.96. The molecule has 0 amide bonds. The van der Waals surface area contributed by atoms with Crippen LogP contribution in [0.3, 0.4) is 0 Å². The second kappa shape index (κ2) is 6.35. The van der Waals surface area contributed by atoms with Gasteiger partial charge in [0, 0.05) is 36.2 Å². The Morgan fingerprint density at radius 1 is 1.32 bits per heavy atom. The van der Waals surface area contributed by atoms with E-state index in [0.717, 1.165) is 24.1 Å². The van der Waals surface area contributed by atoms with Crippen LogP contribution in [0.2, 0.25) is 0 Å². The molecule has 3 atom stereocenters. The quantitative estimate of drug-likeness (QED) is 0.926. The number of hydrogen-bond donors (Lipinski definition) is 1. The average molecular weight is 326 g/mol. The SMILES string of the molecule is CC(N)C(c1ccccc1Br)N1CCN(C)CC1C. The lowest BCUT2D eigenvalue weighted by Crippen LogP contribution is -2.54. The van der Waals surface area contributed by atoms with Gasteiger partial charge in [-0.25, -0.2) is 0 Å². The molecule has 4 heteroatoms. The summed E-state index contributed by atoms with van der Waals surface area (Å²) in [4.78, 5) is 4.93. The molecule has 1 saturated heterocycles. The van der Waals surface area contributed by atoms with Crippen LogP contribution in [0.25, 0.3) is 0 Å². The molecule has 0 saturated carbocycles. The Kier molecular flexibility index (Phi) is 5.01. The smallest absolute Gasteiger partial charge is 0.0511 e. The summed E-state index contributed by atoms with van der Waals surface area (Å²) < 4.78 is 1.16. The van der Waals surface area contributed by atoms with Gasteiger partial charge in [-0.05, 0) is 32.5 Å². The van der Waals surface area contributed by atoms with Crippen LogP contribution in [0, 0.1) is 0 Å². The first kappa shape index (κ1) is 15.0. The standard InChI is InChI=1S/C15H24BrN3/c1-11-10-18(3)8-9-19(11)15(12(2)17)13-6-4-5-7-14(13)16/h4-7,11-12,15H,8-10,17H2,1-3H3. The first-order valence-corrected chi connectivity index (χ1v) is 7.74. The van der Waals surface area contributed by atoms with Crippen molar-refractivity contribution >= 4 is 15.9 Å². The average Bonchev–Trinajstić information content (AvgIpc) is 2.34. The molecule has 0 bridgehead atoms. The molecule has 0 spiro atoms. The van der Waals surface area contributed by atoms with Crippen LogP contribution in [0.15, 0.2) is 28.7 Å². The van der Waals surface area contributed by atoms with Crippen molar-refractivity contribution in [2.24, 2.45) is 5.73 Å². The number of piperazine rings is 1. The van der Waals surface area contributed by atoms with Gasteiger partial charge in [0.05, 0.1) is 6.04 Å². The van der Waals surface area contributed by atoms with E-state index in [4.69, 9.17) is 5.73 Å². The topological polar surface area (TPSA) is 32.5 Å². The van der Waals surface area contributed by atoms with Crippen LogP contribution in [0.4, 0.5) is 0 Å². The zero-order valence-electron chi connectivity index (χ0n) is 12.0. The Morgan fingerprint density at radius 3 is 2.58 bits per heavy atom. The summed E-state index contributed by atoms with van der Waals surface area (Å²) >= 11 is 3.67. The largest absolute Gasteiger partial charge is 0.326 e. The predicted molar refractivity (Wildman–Crippen MR) is 84.2 cm³/mol. The maximum absolute atomic E-state index is 6.29. The Balaban J connectivity index is 2.28. The molecule has 1 heterocycles. The lowest BCUT2D eigenvalue weighted by Gasteiger charge is -2.44. The molecule has 0 radical (unpaired) electrons. The van der Waals surface area contributed by atoms with Crippen LogP contribution in [0.1, 0.15) is 25.5 Å². The van der Waals surface area contributed by atoms with Crippen molar-refractivity contribution in [2.75, 3.05) is 26.7 Å². The molecular weight excluding hydrogens is 302 g/mol. The highest BCUT2D eigenvalue weighted by Crippen LogP contribution is 2.32. The first-order valence-electron chi connectivity index (χ1n) is 6.95. The Morgan fingerprint density at radius 2 is 2.00 bits per heavy atom. The van der Waals surface area contributed by atoms with Crippen LogP contribution >= 0.6 is 15.9 Å². The summed E-state index contributed by atoms with van der Waals surface area (Å²) in [7, 11) is 2.19. The number of likely N-dealkylation sites (N-methyl/N-ethyl adjacent to an activating group) is 1. The van der Waals surface area contributed by atoms with Crippen molar-refractivity contribution in [3.8, 4) is 0 Å². The van der Waals surface area contributed by atoms with Crippen molar-refractivity contribution in [3.63, 3.8) is 0 Å². The number of nitrogens with zero attached hydrogens (tertiary/aromatic N) is 2. The highest BCUT2D eigenvalue weighted by molar-refractivity contribution is 9.10. The van der Waals surface area contributed by atoms with E-state index in [9.17, 15) is 0 Å². The molecule has 1 aromatic carbocycles. The van der Waals surface area contributed by atoms with Crippen molar-refractivity contribution < 1.29 is 0 Å². The second-order valence-electron chi connectivity index (χ2n) is 5.67. The zero-order valence-corrected chi connectivity index (χ0v) is 13.6. The summed E-state index contributed by atoms with van der Waals surface area (Å²) in [5, 5.41) is 0. The van der Waals surface area contributed by atoms with Crippen LogP contribution in [-0.4, -0.2) is 48.6 Å². The van der Waals surface area contributed by atoms with E-state index in [2.05, 4.69) is 70.9 Å². The summed E-state index contributed by atoms with van der Waals surface area (Å²) in [5.74, 6) is 0. The summed E-state index contributed by atoms with van der Waals surface area (Å²) in [5.41, 5.74) is 7.59. The fraction of sp³-hybridized carbons (Fsp3) is 0.600. The van der Waals surface area contributed by atoms with E-state index in [1.807, 2.05) is 0 Å². The molecule has 1 aromatic rings. The first-order chi connectivity index (χ1) is 9.00. The van der Waals surface area contributed by atoms with E-state index in [0.29, 0.717) is 6.04 Å². The molecule has 1 aliphatic rings. The van der Waals surface area contributed by atoms with E-state index >= 15 is 0 Å². The van der Waals surface area contributed by atoms with Gasteiger partial charge < -0.3 is 10.6 Å². The monoisotopic (exact) mass is 325 g/mol. The minimum absolute atomic E-state index is 0.115. The van der Waals surface area contributed by atoms with E-state index in [1.165, 1.54) is 5.56 Å². The molecule has 1 aliphatic heterocycles. The molecule has 0 aromatic heterocycles. The molecular formula is C15H24BrN3. The fourth-order valence-corrected chi connectivity index (χ4v) is 3.57. The van der Waals surface area contributed by atoms with Crippen molar-refractivity contribution in [3.05, 3.63) is 34.3 Å². The van der Waals surface area contributed by atoms with Crippen LogP contribution in [0.5, 0.6) is 0 Å². The minimum Gasteiger partial charge on any atom is -0.326 e. The van der Waals surface area contributed by atoms with Gasteiger partial charge in [0.1, 0.15) is 0 Å². The molecule has 3 unspecified atom stereocenters. The Labute approximate surface area is 124 Å². The number of nitrogens with two attached hydrogens (primary N) is 1. The Hall–Kier alpha value is -0.420. The van der Waals surface area contributed by atoms with Gasteiger partial charge in [0.15, 0.2) is 0 Å². The number of benzene rings is 1. The van der Waals surface area contributed by atoms with Gasteiger partial charge in [-0.15, -0.1) is 0 Å². The van der Waals surface area contributed by atoms with Crippen molar-refractivity contribution in [1.82, 2.24) is 9.80 Å². The lowest BCUT2D eigenvalue weighted by atomic mass is 9.96. The van der Waals surface area contributed by atoms with Gasteiger partial charge in [0.2, 0.25) is 0 Å². The third-order valence-corrected chi connectivity index (χ3v) is 4.68. The Bertz CT molecular complexity index is 422. The summed E-state index contributed by atoms with van der Waals surface area (Å²) in [6.45, 7) is 7.69. The maximum atomic E-state index is 6.29. The normalized spacial score (nSPS) is 25.2. The van der Waals surface area contributed by atoms with E-state index in [-0.39, 0.29) is 12.1 Å². The molecule has 2 N–H and O–H groups in total. The highest BCUT2D eigenvalue weighted by atomic mass is 79.9. The number of hydrogen-bond acceptors (Lipinski definition) is 3. The number of halogens is 1. The second-order valence-corrected chi connectivity index (χ2v) is 6.53. The van der Waals surface area contributed by atoms with Gasteiger partial charge >= 0.3 is 0 Å².